The predicted molar refractivity (Wildman–Crippen MR) is 146 cm³/mol. The lowest BCUT2D eigenvalue weighted by Gasteiger charge is -2.24. The van der Waals surface area contributed by atoms with E-state index in [-0.39, 0.29) is 19.1 Å². The van der Waals surface area contributed by atoms with Crippen LogP contribution < -0.4 is 10.1 Å². The van der Waals surface area contributed by atoms with Crippen LogP contribution in [-0.4, -0.2) is 45.1 Å². The molecule has 194 valence electrons. The summed E-state index contributed by atoms with van der Waals surface area (Å²) in [5.41, 5.74) is 4.20. The van der Waals surface area contributed by atoms with Crippen molar-refractivity contribution in [2.45, 2.75) is 25.4 Å². The molecule has 3 aromatic carbocycles. The molecule has 0 spiro atoms. The number of halogens is 1. The quantitative estimate of drug-likeness (QED) is 0.241. The molecule has 1 saturated heterocycles. The second kappa shape index (κ2) is 11.2. The van der Waals surface area contributed by atoms with E-state index >= 15 is 0 Å². The van der Waals surface area contributed by atoms with Crippen LogP contribution in [0.3, 0.4) is 0 Å². The van der Waals surface area contributed by atoms with Crippen LogP contribution in [0, 0.1) is 6.92 Å². The van der Waals surface area contributed by atoms with E-state index in [0.717, 1.165) is 27.0 Å². The highest BCUT2D eigenvalue weighted by Crippen LogP contribution is 2.34. The number of urea groups is 1. The monoisotopic (exact) mass is 574 g/mol. The maximum Gasteiger partial charge on any atom is 0.325 e. The number of carbonyl (C=O) groups is 2. The van der Waals surface area contributed by atoms with Crippen molar-refractivity contribution >= 4 is 27.9 Å². The van der Waals surface area contributed by atoms with Crippen molar-refractivity contribution in [3.05, 3.63) is 106 Å². The molecule has 0 radical (unpaired) electrons. The molecule has 1 fully saturated rings. The minimum absolute atomic E-state index is 0.0908. The molecule has 2 heterocycles. The first-order valence-electron chi connectivity index (χ1n) is 12.3. The smallest absolute Gasteiger partial charge is 0.325 e. The standard InChI is InChI=1S/C29H27BrN4O4/c1-18-25(20-7-11-22(30)12-8-20)32-27(31-18)24(17-19-5-3-2-4-6-19)34-28(36)26(33-29(34)37)21-9-13-23(14-10-21)38-16-15-35/h2-14,24,26,35H,15-17H2,1H3,(H,31,32)(H,33,37)/t24-,26?/m0/s1. The van der Waals surface area contributed by atoms with E-state index in [4.69, 9.17) is 14.8 Å². The summed E-state index contributed by atoms with van der Waals surface area (Å²) in [5.74, 6) is 0.769. The number of ether oxygens (including phenoxy) is 1. The lowest BCUT2D eigenvalue weighted by Crippen LogP contribution is -2.36. The first kappa shape index (κ1) is 25.7. The first-order chi connectivity index (χ1) is 18.4. The molecule has 1 unspecified atom stereocenters. The van der Waals surface area contributed by atoms with Crippen LogP contribution in [0.2, 0.25) is 0 Å². The summed E-state index contributed by atoms with van der Waals surface area (Å²) in [7, 11) is 0. The summed E-state index contributed by atoms with van der Waals surface area (Å²) in [5, 5.41) is 11.8. The van der Waals surface area contributed by atoms with Gasteiger partial charge in [0.2, 0.25) is 0 Å². The molecule has 1 aliphatic rings. The van der Waals surface area contributed by atoms with Gasteiger partial charge in [0, 0.05) is 10.9 Å². The molecular weight excluding hydrogens is 548 g/mol. The minimum Gasteiger partial charge on any atom is -0.491 e. The number of imide groups is 1. The Bertz CT molecular complexity index is 1420. The fraction of sp³-hybridized carbons (Fsp3) is 0.207. The number of aliphatic hydroxyl groups excluding tert-OH is 1. The van der Waals surface area contributed by atoms with Gasteiger partial charge >= 0.3 is 6.03 Å². The lowest BCUT2D eigenvalue weighted by atomic mass is 10.0. The average molecular weight is 575 g/mol. The van der Waals surface area contributed by atoms with Crippen LogP contribution in [0.5, 0.6) is 5.75 Å². The van der Waals surface area contributed by atoms with Gasteiger partial charge in [-0.3, -0.25) is 9.69 Å². The molecule has 38 heavy (non-hydrogen) atoms. The molecule has 0 aliphatic carbocycles. The number of hydrogen-bond acceptors (Lipinski definition) is 5. The molecule has 3 amide bonds. The number of nitrogens with one attached hydrogen (secondary N) is 2. The SMILES string of the molecule is Cc1nc([C@H](Cc2ccccc2)N2C(=O)NC(c3ccc(OCCO)cc3)C2=O)[nH]c1-c1ccc(Br)cc1. The van der Waals surface area contributed by atoms with Crippen molar-refractivity contribution in [1.29, 1.82) is 0 Å². The van der Waals surface area contributed by atoms with Crippen molar-refractivity contribution in [3.8, 4) is 17.0 Å². The van der Waals surface area contributed by atoms with Crippen LogP contribution >= 0.6 is 15.9 Å². The topological polar surface area (TPSA) is 108 Å². The van der Waals surface area contributed by atoms with Gasteiger partial charge in [-0.25, -0.2) is 9.78 Å². The minimum atomic E-state index is -0.824. The number of rotatable bonds is 9. The van der Waals surface area contributed by atoms with Gasteiger partial charge in [0.1, 0.15) is 30.3 Å². The Hall–Kier alpha value is -3.95. The second-order valence-corrected chi connectivity index (χ2v) is 9.94. The van der Waals surface area contributed by atoms with Gasteiger partial charge < -0.3 is 20.1 Å². The van der Waals surface area contributed by atoms with E-state index in [9.17, 15) is 9.59 Å². The van der Waals surface area contributed by atoms with Gasteiger partial charge in [0.15, 0.2) is 0 Å². The van der Waals surface area contributed by atoms with E-state index < -0.39 is 18.1 Å². The molecule has 0 saturated carbocycles. The zero-order chi connectivity index (χ0) is 26.6. The van der Waals surface area contributed by atoms with Crippen molar-refractivity contribution in [3.63, 3.8) is 0 Å². The van der Waals surface area contributed by atoms with Crippen molar-refractivity contribution in [1.82, 2.24) is 20.2 Å². The number of imidazole rings is 1. The van der Waals surface area contributed by atoms with E-state index in [0.29, 0.717) is 23.6 Å². The number of aromatic nitrogens is 2. The number of nitrogens with zero attached hydrogens (tertiary/aromatic N) is 2. The Morgan fingerprint density at radius 3 is 2.42 bits per heavy atom. The molecule has 5 rings (SSSR count). The summed E-state index contributed by atoms with van der Waals surface area (Å²) in [6, 6.07) is 22.6. The highest BCUT2D eigenvalue weighted by Gasteiger charge is 2.44. The third-order valence-corrected chi connectivity index (χ3v) is 7.01. The number of aryl methyl sites for hydroxylation is 1. The van der Waals surface area contributed by atoms with Crippen LogP contribution in [0.4, 0.5) is 4.79 Å². The number of H-pyrrole nitrogens is 1. The summed E-state index contributed by atoms with van der Waals surface area (Å²) in [6.07, 6.45) is 0.410. The number of benzene rings is 3. The van der Waals surface area contributed by atoms with Gasteiger partial charge in [0.05, 0.1) is 18.0 Å². The Labute approximate surface area is 228 Å². The fourth-order valence-corrected chi connectivity index (χ4v) is 4.89. The largest absolute Gasteiger partial charge is 0.491 e. The van der Waals surface area contributed by atoms with Crippen LogP contribution in [0.1, 0.15) is 34.7 Å². The Morgan fingerprint density at radius 1 is 1.03 bits per heavy atom. The number of carbonyl (C=O) groups excluding carboxylic acids is 2. The molecule has 9 heteroatoms. The Morgan fingerprint density at radius 2 is 1.74 bits per heavy atom. The highest BCUT2D eigenvalue weighted by molar-refractivity contribution is 9.10. The lowest BCUT2D eigenvalue weighted by molar-refractivity contribution is -0.129. The number of amides is 3. The van der Waals surface area contributed by atoms with E-state index in [2.05, 4.69) is 26.2 Å². The number of aromatic amines is 1. The van der Waals surface area contributed by atoms with Crippen LogP contribution in [0.15, 0.2) is 83.3 Å². The zero-order valence-corrected chi connectivity index (χ0v) is 22.3. The highest BCUT2D eigenvalue weighted by atomic mass is 79.9. The van der Waals surface area contributed by atoms with Gasteiger partial charge in [-0.1, -0.05) is 70.5 Å². The molecular formula is C29H27BrN4O4. The normalized spacial score (nSPS) is 16.0. The van der Waals surface area contributed by atoms with E-state index in [1.165, 1.54) is 4.90 Å². The summed E-state index contributed by atoms with van der Waals surface area (Å²) in [6.45, 7) is 2.00. The van der Waals surface area contributed by atoms with Gasteiger partial charge in [0.25, 0.3) is 5.91 Å². The predicted octanol–water partition coefficient (Wildman–Crippen LogP) is 5.10. The molecule has 1 aliphatic heterocycles. The summed E-state index contributed by atoms with van der Waals surface area (Å²) >= 11 is 3.47. The molecule has 4 aromatic rings. The summed E-state index contributed by atoms with van der Waals surface area (Å²) in [4.78, 5) is 36.4. The molecule has 8 nitrogen and oxygen atoms in total. The average Bonchev–Trinajstić information content (AvgIpc) is 3.46. The fourth-order valence-electron chi connectivity index (χ4n) is 4.62. The maximum atomic E-state index is 13.7. The van der Waals surface area contributed by atoms with Gasteiger partial charge in [-0.15, -0.1) is 0 Å². The molecule has 0 bridgehead atoms. The maximum absolute atomic E-state index is 13.7. The number of hydrogen-bond donors (Lipinski definition) is 3. The third kappa shape index (κ3) is 5.34. The van der Waals surface area contributed by atoms with Gasteiger partial charge in [-0.2, -0.15) is 0 Å². The Kier molecular flexibility index (Phi) is 7.57. The first-order valence-corrected chi connectivity index (χ1v) is 13.1. The number of aliphatic hydroxyl groups is 1. The van der Waals surface area contributed by atoms with Gasteiger partial charge in [-0.05, 0) is 47.9 Å². The van der Waals surface area contributed by atoms with Crippen molar-refractivity contribution in [2.24, 2.45) is 0 Å². The van der Waals surface area contributed by atoms with Crippen molar-refractivity contribution in [2.75, 3.05) is 13.2 Å². The molecule has 2 atom stereocenters. The molecule has 1 aromatic heterocycles. The zero-order valence-electron chi connectivity index (χ0n) is 20.7. The van der Waals surface area contributed by atoms with Crippen LogP contribution in [0.25, 0.3) is 11.3 Å². The Balaban J connectivity index is 1.48. The second-order valence-electron chi connectivity index (χ2n) is 9.03. The van der Waals surface area contributed by atoms with Crippen LogP contribution in [-0.2, 0) is 11.2 Å². The third-order valence-electron chi connectivity index (χ3n) is 6.48. The summed E-state index contributed by atoms with van der Waals surface area (Å²) < 4.78 is 6.38. The molecule has 3 N–H and O–H groups in total. The van der Waals surface area contributed by atoms with E-state index in [1.54, 1.807) is 24.3 Å². The van der Waals surface area contributed by atoms with E-state index in [1.807, 2.05) is 61.5 Å². The van der Waals surface area contributed by atoms with Crippen molar-refractivity contribution < 1.29 is 19.4 Å².